The van der Waals surface area contributed by atoms with Gasteiger partial charge in [0, 0.05) is 17.1 Å². The highest BCUT2D eigenvalue weighted by molar-refractivity contribution is 5.97. The van der Waals surface area contributed by atoms with Gasteiger partial charge in [-0.15, -0.1) is 0 Å². The molecule has 0 radical (unpaired) electrons. The number of anilines is 3. The monoisotopic (exact) mass is 675 g/mol. The minimum absolute atomic E-state index is 1.10. The number of hydrogen-bond acceptors (Lipinski definition) is 1. The van der Waals surface area contributed by atoms with Crippen LogP contribution in [0.3, 0.4) is 0 Å². The second-order valence-corrected chi connectivity index (χ2v) is 13.4. The molecule has 0 aliphatic rings. The fourth-order valence-electron chi connectivity index (χ4n) is 7.40. The molecular weight excluding hydrogens is 639 g/mol. The summed E-state index contributed by atoms with van der Waals surface area (Å²) < 4.78 is 0. The summed E-state index contributed by atoms with van der Waals surface area (Å²) in [6.07, 6.45) is 0. The van der Waals surface area contributed by atoms with Crippen LogP contribution in [0.2, 0.25) is 0 Å². The molecule has 0 heterocycles. The molecule has 250 valence electrons. The van der Waals surface area contributed by atoms with Crippen molar-refractivity contribution in [1.82, 2.24) is 0 Å². The third-order valence-electron chi connectivity index (χ3n) is 10.1. The number of fused-ring (bicyclic) bond motifs is 1. The van der Waals surface area contributed by atoms with Gasteiger partial charge in [-0.2, -0.15) is 0 Å². The summed E-state index contributed by atoms with van der Waals surface area (Å²) in [7, 11) is 0. The van der Waals surface area contributed by atoms with Gasteiger partial charge >= 0.3 is 0 Å². The summed E-state index contributed by atoms with van der Waals surface area (Å²) in [6, 6.07) is 80.8. The van der Waals surface area contributed by atoms with E-state index in [4.69, 9.17) is 0 Å². The van der Waals surface area contributed by atoms with Crippen molar-refractivity contribution in [2.45, 2.75) is 0 Å². The molecule has 1 nitrogen and oxygen atoms in total. The van der Waals surface area contributed by atoms with Crippen LogP contribution in [0, 0.1) is 0 Å². The highest BCUT2D eigenvalue weighted by atomic mass is 15.1. The van der Waals surface area contributed by atoms with Crippen molar-refractivity contribution in [3.63, 3.8) is 0 Å². The Bertz CT molecular complexity index is 2600. The smallest absolute Gasteiger partial charge is 0.0468 e. The van der Waals surface area contributed by atoms with Crippen molar-refractivity contribution in [3.05, 3.63) is 224 Å². The minimum atomic E-state index is 1.10. The van der Waals surface area contributed by atoms with Crippen LogP contribution in [0.1, 0.15) is 0 Å². The molecule has 0 amide bonds. The second kappa shape index (κ2) is 14.3. The van der Waals surface area contributed by atoms with Gasteiger partial charge in [0.25, 0.3) is 0 Å². The normalized spacial score (nSPS) is 11.0. The third kappa shape index (κ3) is 6.53. The zero-order valence-corrected chi connectivity index (χ0v) is 29.3. The van der Waals surface area contributed by atoms with Gasteiger partial charge in [-0.1, -0.05) is 188 Å². The van der Waals surface area contributed by atoms with E-state index in [1.807, 2.05) is 0 Å². The van der Waals surface area contributed by atoms with Gasteiger partial charge in [0.05, 0.1) is 0 Å². The number of benzene rings is 9. The van der Waals surface area contributed by atoms with Crippen molar-refractivity contribution < 1.29 is 0 Å². The fourth-order valence-corrected chi connectivity index (χ4v) is 7.40. The summed E-state index contributed by atoms with van der Waals surface area (Å²) >= 11 is 0. The van der Waals surface area contributed by atoms with E-state index in [0.717, 1.165) is 17.1 Å². The van der Waals surface area contributed by atoms with E-state index in [9.17, 15) is 0 Å². The minimum Gasteiger partial charge on any atom is -0.310 e. The predicted molar refractivity (Wildman–Crippen MR) is 226 cm³/mol. The average Bonchev–Trinajstić information content (AvgIpc) is 3.25. The van der Waals surface area contributed by atoms with E-state index in [-0.39, 0.29) is 0 Å². The maximum Gasteiger partial charge on any atom is 0.0468 e. The Morgan fingerprint density at radius 3 is 1.23 bits per heavy atom. The van der Waals surface area contributed by atoms with Crippen LogP contribution in [0.15, 0.2) is 224 Å². The van der Waals surface area contributed by atoms with Gasteiger partial charge in [-0.3, -0.25) is 0 Å². The molecule has 0 bridgehead atoms. The second-order valence-electron chi connectivity index (χ2n) is 13.4. The molecule has 9 aromatic rings. The Labute approximate surface area is 311 Å². The van der Waals surface area contributed by atoms with Crippen LogP contribution in [0.25, 0.3) is 66.4 Å². The first-order chi connectivity index (χ1) is 26.3. The summed E-state index contributed by atoms with van der Waals surface area (Å²) in [5.41, 5.74) is 15.3. The Hall–Kier alpha value is -6.96. The molecule has 9 rings (SSSR count). The van der Waals surface area contributed by atoms with Crippen LogP contribution < -0.4 is 4.90 Å². The summed E-state index contributed by atoms with van der Waals surface area (Å²) in [4.78, 5) is 2.37. The van der Waals surface area contributed by atoms with E-state index in [2.05, 4.69) is 229 Å². The van der Waals surface area contributed by atoms with E-state index in [0.29, 0.717) is 0 Å². The molecule has 0 aliphatic carbocycles. The lowest BCUT2D eigenvalue weighted by Gasteiger charge is -2.27. The quantitative estimate of drug-likeness (QED) is 0.155. The predicted octanol–water partition coefficient (Wildman–Crippen LogP) is 14.6. The van der Waals surface area contributed by atoms with Gasteiger partial charge in [0.15, 0.2) is 0 Å². The number of hydrogen-bond donors (Lipinski definition) is 0. The molecule has 1 heteroatoms. The summed E-state index contributed by atoms with van der Waals surface area (Å²) in [6.45, 7) is 0. The molecule has 53 heavy (non-hydrogen) atoms. The van der Waals surface area contributed by atoms with Gasteiger partial charge in [0.1, 0.15) is 0 Å². The van der Waals surface area contributed by atoms with Crippen LogP contribution in [0.5, 0.6) is 0 Å². The molecule has 0 spiro atoms. The van der Waals surface area contributed by atoms with Crippen molar-refractivity contribution in [2.75, 3.05) is 4.90 Å². The van der Waals surface area contributed by atoms with Crippen molar-refractivity contribution in [2.24, 2.45) is 0 Å². The SMILES string of the molecule is c1ccc(-c2ccc(-c3ccc(N(c4ccc(-c5ccccc5)cc4)c4ccc(-c5cccc6ccccc56)cc4)cc3-c3ccccc3)cc2)cc1. The van der Waals surface area contributed by atoms with Crippen LogP contribution in [0.4, 0.5) is 17.1 Å². The van der Waals surface area contributed by atoms with Crippen LogP contribution in [-0.2, 0) is 0 Å². The van der Waals surface area contributed by atoms with Gasteiger partial charge in [0.2, 0.25) is 0 Å². The third-order valence-corrected chi connectivity index (χ3v) is 10.1. The van der Waals surface area contributed by atoms with E-state index < -0.39 is 0 Å². The molecule has 0 fully saturated rings. The summed E-state index contributed by atoms with van der Waals surface area (Å²) in [5, 5.41) is 2.51. The standard InChI is InChI=1S/C52H37N/c1-4-13-38(14-5-1)40-23-25-44(26-24-40)51-36-35-48(37-52(51)43-17-8-3-9-18-43)53(46-31-27-41(28-32-46)39-15-6-2-7-16-39)47-33-29-45(30-34-47)50-22-12-20-42-19-10-11-21-49(42)50/h1-37H. The molecule has 0 aromatic heterocycles. The Balaban J connectivity index is 1.16. The molecular formula is C52H37N. The van der Waals surface area contributed by atoms with Gasteiger partial charge in [-0.05, 0) is 103 Å². The van der Waals surface area contributed by atoms with Gasteiger partial charge in [-0.25, -0.2) is 0 Å². The van der Waals surface area contributed by atoms with Crippen LogP contribution >= 0.6 is 0 Å². The lowest BCUT2D eigenvalue weighted by molar-refractivity contribution is 1.28. The number of rotatable bonds is 8. The molecule has 0 atom stereocenters. The first-order valence-corrected chi connectivity index (χ1v) is 18.2. The zero-order valence-electron chi connectivity index (χ0n) is 29.3. The lowest BCUT2D eigenvalue weighted by atomic mass is 9.92. The highest BCUT2D eigenvalue weighted by Crippen LogP contribution is 2.42. The largest absolute Gasteiger partial charge is 0.310 e. The van der Waals surface area contributed by atoms with Crippen LogP contribution in [-0.4, -0.2) is 0 Å². The van der Waals surface area contributed by atoms with E-state index >= 15 is 0 Å². The van der Waals surface area contributed by atoms with E-state index in [1.54, 1.807) is 0 Å². The molecule has 0 saturated carbocycles. The highest BCUT2D eigenvalue weighted by Gasteiger charge is 2.17. The molecule has 9 aromatic carbocycles. The summed E-state index contributed by atoms with van der Waals surface area (Å²) in [5.74, 6) is 0. The van der Waals surface area contributed by atoms with Crippen molar-refractivity contribution in [1.29, 1.82) is 0 Å². The molecule has 0 saturated heterocycles. The topological polar surface area (TPSA) is 3.24 Å². The Morgan fingerprint density at radius 2 is 0.623 bits per heavy atom. The maximum atomic E-state index is 2.37. The molecule has 0 aliphatic heterocycles. The zero-order chi connectivity index (χ0) is 35.4. The molecule has 0 N–H and O–H groups in total. The van der Waals surface area contributed by atoms with Crippen molar-refractivity contribution in [3.8, 4) is 55.6 Å². The fraction of sp³-hybridized carbons (Fsp3) is 0. The molecule has 0 unspecified atom stereocenters. The average molecular weight is 676 g/mol. The lowest BCUT2D eigenvalue weighted by Crippen LogP contribution is -2.10. The van der Waals surface area contributed by atoms with Gasteiger partial charge < -0.3 is 4.90 Å². The number of nitrogens with zero attached hydrogens (tertiary/aromatic N) is 1. The first kappa shape index (κ1) is 32.0. The Morgan fingerprint density at radius 1 is 0.226 bits per heavy atom. The maximum absolute atomic E-state index is 2.37. The Kier molecular flexibility index (Phi) is 8.66. The van der Waals surface area contributed by atoms with E-state index in [1.165, 1.54) is 66.4 Å². The first-order valence-electron chi connectivity index (χ1n) is 18.2. The van der Waals surface area contributed by atoms with Crippen molar-refractivity contribution >= 4 is 27.8 Å².